The van der Waals surface area contributed by atoms with E-state index < -0.39 is 29.9 Å². The van der Waals surface area contributed by atoms with Crippen LogP contribution in [-0.4, -0.2) is 37.6 Å². The van der Waals surface area contributed by atoms with E-state index in [1.54, 1.807) is 0 Å². The van der Waals surface area contributed by atoms with Crippen LogP contribution in [-0.2, 0) is 4.74 Å². The fourth-order valence-electron chi connectivity index (χ4n) is 2.21. The van der Waals surface area contributed by atoms with Gasteiger partial charge in [0.2, 0.25) is 0 Å². The van der Waals surface area contributed by atoms with Gasteiger partial charge in [0.25, 0.3) is 0 Å². The highest BCUT2D eigenvalue weighted by atomic mass is 19.4. The average Bonchev–Trinajstić information content (AvgIpc) is 2.36. The molecule has 2 rings (SSSR count). The van der Waals surface area contributed by atoms with E-state index in [9.17, 15) is 22.7 Å². The van der Waals surface area contributed by atoms with Crippen LogP contribution >= 0.6 is 0 Å². The van der Waals surface area contributed by atoms with Crippen molar-refractivity contribution in [1.29, 1.82) is 0 Å². The van der Waals surface area contributed by atoms with E-state index in [0.717, 1.165) is 12.1 Å². The van der Waals surface area contributed by atoms with Crippen LogP contribution in [0.4, 0.5) is 17.6 Å². The molecule has 1 fully saturated rings. The zero-order valence-electron chi connectivity index (χ0n) is 11.3. The number of alkyl halides is 3. The van der Waals surface area contributed by atoms with Gasteiger partial charge in [0.15, 0.2) is 0 Å². The first kappa shape index (κ1) is 16.2. The van der Waals surface area contributed by atoms with Crippen molar-refractivity contribution in [3.8, 4) is 0 Å². The smallest absolute Gasteiger partial charge is 0.390 e. The second kappa shape index (κ2) is 6.29. The Hall–Kier alpha value is -1.18. The standard InChI is InChI=1S/C14H17F4NO2/c15-11-3-1-10(2-4-11)12(5-14(16,17)18)19-6-13(7-20)8-21-9-13/h1-4,12,19-20H,5-9H2. The molecule has 1 aromatic carbocycles. The van der Waals surface area contributed by atoms with Crippen molar-refractivity contribution < 1.29 is 27.4 Å². The molecule has 21 heavy (non-hydrogen) atoms. The largest absolute Gasteiger partial charge is 0.396 e. The summed E-state index contributed by atoms with van der Waals surface area (Å²) >= 11 is 0. The van der Waals surface area contributed by atoms with Gasteiger partial charge in [-0.3, -0.25) is 0 Å². The minimum atomic E-state index is -4.34. The van der Waals surface area contributed by atoms with Crippen LogP contribution in [0.2, 0.25) is 0 Å². The number of hydrogen-bond acceptors (Lipinski definition) is 3. The molecule has 118 valence electrons. The van der Waals surface area contributed by atoms with Crippen molar-refractivity contribution in [3.63, 3.8) is 0 Å². The van der Waals surface area contributed by atoms with E-state index in [0.29, 0.717) is 18.8 Å². The lowest BCUT2D eigenvalue weighted by molar-refractivity contribution is -0.148. The molecule has 1 aliphatic rings. The predicted octanol–water partition coefficient (Wildman–Crippen LogP) is 2.42. The van der Waals surface area contributed by atoms with Gasteiger partial charge in [0, 0.05) is 12.6 Å². The Morgan fingerprint density at radius 3 is 2.29 bits per heavy atom. The molecule has 1 aliphatic heterocycles. The SMILES string of the molecule is OCC1(CNC(CC(F)(F)F)c2ccc(F)cc2)COC1. The van der Waals surface area contributed by atoms with Gasteiger partial charge in [-0.05, 0) is 17.7 Å². The van der Waals surface area contributed by atoms with Crippen LogP contribution in [0, 0.1) is 11.2 Å². The molecule has 1 aromatic rings. The van der Waals surface area contributed by atoms with E-state index in [4.69, 9.17) is 4.74 Å². The molecule has 1 unspecified atom stereocenters. The Bertz CT molecular complexity index is 452. The molecule has 0 aromatic heterocycles. The minimum Gasteiger partial charge on any atom is -0.396 e. The number of hydrogen-bond donors (Lipinski definition) is 2. The number of aliphatic hydroxyl groups is 1. The molecular formula is C14H17F4NO2. The summed E-state index contributed by atoms with van der Waals surface area (Å²) in [4.78, 5) is 0. The first-order valence-electron chi connectivity index (χ1n) is 6.58. The Morgan fingerprint density at radius 2 is 1.86 bits per heavy atom. The Balaban J connectivity index is 2.06. The first-order valence-corrected chi connectivity index (χ1v) is 6.58. The van der Waals surface area contributed by atoms with Crippen LogP contribution in [0.15, 0.2) is 24.3 Å². The van der Waals surface area contributed by atoms with Gasteiger partial charge in [-0.15, -0.1) is 0 Å². The normalized spacial score (nSPS) is 19.1. The van der Waals surface area contributed by atoms with Crippen molar-refractivity contribution in [2.24, 2.45) is 5.41 Å². The number of nitrogens with one attached hydrogen (secondary N) is 1. The molecule has 0 saturated carbocycles. The zero-order chi connectivity index (χ0) is 15.5. The monoisotopic (exact) mass is 307 g/mol. The third kappa shape index (κ3) is 4.39. The van der Waals surface area contributed by atoms with Gasteiger partial charge < -0.3 is 15.2 Å². The molecule has 0 bridgehead atoms. The fraction of sp³-hybridized carbons (Fsp3) is 0.571. The average molecular weight is 307 g/mol. The van der Waals surface area contributed by atoms with Crippen LogP contribution in [0.1, 0.15) is 18.0 Å². The van der Waals surface area contributed by atoms with Crippen LogP contribution in [0.25, 0.3) is 0 Å². The highest BCUT2D eigenvalue weighted by molar-refractivity contribution is 5.20. The van der Waals surface area contributed by atoms with Crippen molar-refractivity contribution in [3.05, 3.63) is 35.6 Å². The van der Waals surface area contributed by atoms with Gasteiger partial charge >= 0.3 is 6.18 Å². The van der Waals surface area contributed by atoms with E-state index in [1.165, 1.54) is 12.1 Å². The van der Waals surface area contributed by atoms with E-state index >= 15 is 0 Å². The van der Waals surface area contributed by atoms with E-state index in [-0.39, 0.29) is 13.2 Å². The van der Waals surface area contributed by atoms with E-state index in [2.05, 4.69) is 5.32 Å². The number of benzene rings is 1. The summed E-state index contributed by atoms with van der Waals surface area (Å²) in [6.07, 6.45) is -5.39. The summed E-state index contributed by atoms with van der Waals surface area (Å²) in [7, 11) is 0. The summed E-state index contributed by atoms with van der Waals surface area (Å²) in [5.74, 6) is -0.497. The van der Waals surface area contributed by atoms with Crippen molar-refractivity contribution in [2.45, 2.75) is 18.6 Å². The summed E-state index contributed by atoms with van der Waals surface area (Å²) in [5, 5.41) is 12.1. The van der Waals surface area contributed by atoms with Gasteiger partial charge in [0.1, 0.15) is 5.82 Å². The number of halogens is 4. The third-order valence-electron chi connectivity index (χ3n) is 3.58. The predicted molar refractivity (Wildman–Crippen MR) is 68.2 cm³/mol. The lowest BCUT2D eigenvalue weighted by atomic mass is 9.86. The van der Waals surface area contributed by atoms with Crippen molar-refractivity contribution >= 4 is 0 Å². The maximum Gasteiger partial charge on any atom is 0.390 e. The minimum absolute atomic E-state index is 0.151. The molecule has 0 radical (unpaired) electrons. The topological polar surface area (TPSA) is 41.5 Å². The number of rotatable bonds is 6. The first-order chi connectivity index (χ1) is 9.84. The van der Waals surface area contributed by atoms with Crippen LogP contribution in [0.3, 0.4) is 0 Å². The molecule has 0 aliphatic carbocycles. The molecule has 0 amide bonds. The van der Waals surface area contributed by atoms with Crippen LogP contribution < -0.4 is 5.32 Å². The second-order valence-corrected chi connectivity index (χ2v) is 5.46. The van der Waals surface area contributed by atoms with Crippen LogP contribution in [0.5, 0.6) is 0 Å². The van der Waals surface area contributed by atoms with E-state index in [1.807, 2.05) is 0 Å². The Morgan fingerprint density at radius 1 is 1.24 bits per heavy atom. The maximum absolute atomic E-state index is 12.9. The summed E-state index contributed by atoms with van der Waals surface area (Å²) in [6, 6.07) is 3.96. The molecule has 1 atom stereocenters. The third-order valence-corrected chi connectivity index (χ3v) is 3.58. The van der Waals surface area contributed by atoms with Gasteiger partial charge in [-0.1, -0.05) is 12.1 Å². The highest BCUT2D eigenvalue weighted by Gasteiger charge is 2.40. The number of aliphatic hydroxyl groups excluding tert-OH is 1. The van der Waals surface area contributed by atoms with Crippen molar-refractivity contribution in [1.82, 2.24) is 5.32 Å². The molecule has 1 heterocycles. The zero-order valence-corrected chi connectivity index (χ0v) is 11.3. The van der Waals surface area contributed by atoms with Gasteiger partial charge in [-0.2, -0.15) is 13.2 Å². The number of ether oxygens (including phenoxy) is 1. The molecule has 2 N–H and O–H groups in total. The maximum atomic E-state index is 12.9. The molecular weight excluding hydrogens is 290 g/mol. The molecule has 7 heteroatoms. The Labute approximate surface area is 119 Å². The lowest BCUT2D eigenvalue weighted by Gasteiger charge is -2.41. The highest BCUT2D eigenvalue weighted by Crippen LogP contribution is 2.32. The summed E-state index contributed by atoms with van der Waals surface area (Å²) in [6.45, 7) is 0.696. The fourth-order valence-corrected chi connectivity index (χ4v) is 2.21. The molecule has 3 nitrogen and oxygen atoms in total. The molecule has 0 spiro atoms. The quantitative estimate of drug-likeness (QED) is 0.793. The second-order valence-electron chi connectivity index (χ2n) is 5.46. The van der Waals surface area contributed by atoms with Gasteiger partial charge in [0.05, 0.1) is 31.7 Å². The Kier molecular flexibility index (Phi) is 4.85. The van der Waals surface area contributed by atoms with Gasteiger partial charge in [-0.25, -0.2) is 4.39 Å². The summed E-state index contributed by atoms with van der Waals surface area (Å²) in [5.41, 5.74) is -0.161. The van der Waals surface area contributed by atoms with Crippen molar-refractivity contribution in [2.75, 3.05) is 26.4 Å². The summed E-state index contributed by atoms with van der Waals surface area (Å²) < 4.78 is 55.9. The lowest BCUT2D eigenvalue weighted by Crippen LogP contribution is -2.53. The molecule has 1 saturated heterocycles.